The maximum atomic E-state index is 5.91. The predicted molar refractivity (Wildman–Crippen MR) is 81.9 cm³/mol. The summed E-state index contributed by atoms with van der Waals surface area (Å²) in [6.45, 7) is 0. The van der Waals surface area contributed by atoms with E-state index in [1.54, 1.807) is 18.9 Å². The summed E-state index contributed by atoms with van der Waals surface area (Å²) >= 11 is 7.63. The van der Waals surface area contributed by atoms with Gasteiger partial charge in [0.25, 0.3) is 0 Å². The van der Waals surface area contributed by atoms with Crippen molar-refractivity contribution in [3.05, 3.63) is 58.6 Å². The van der Waals surface area contributed by atoms with E-state index in [4.69, 9.17) is 21.3 Å². The smallest absolute Gasteiger partial charge is 0.125 e. The van der Waals surface area contributed by atoms with Crippen molar-refractivity contribution in [3.8, 4) is 5.75 Å². The molecule has 0 fully saturated rings. The van der Waals surface area contributed by atoms with E-state index in [1.165, 1.54) is 0 Å². The fourth-order valence-electron chi connectivity index (χ4n) is 2.02. The SMILES string of the molecule is COc1cccc2c1CSC(c1ccc(Cl)cc1)=N2. The number of thioether (sulfide) groups is 1. The summed E-state index contributed by atoms with van der Waals surface area (Å²) in [5, 5.41) is 1.77. The van der Waals surface area contributed by atoms with Gasteiger partial charge in [0.2, 0.25) is 0 Å². The molecule has 0 spiro atoms. The first-order chi connectivity index (χ1) is 9.28. The van der Waals surface area contributed by atoms with Gasteiger partial charge in [0, 0.05) is 21.9 Å². The molecule has 0 aliphatic carbocycles. The molecule has 0 aromatic heterocycles. The number of rotatable bonds is 2. The average molecular weight is 290 g/mol. The Morgan fingerprint density at radius 3 is 2.68 bits per heavy atom. The largest absolute Gasteiger partial charge is 0.496 e. The topological polar surface area (TPSA) is 21.6 Å². The molecule has 1 aliphatic rings. The number of aliphatic imine (C=N–C) groups is 1. The molecule has 19 heavy (non-hydrogen) atoms. The standard InChI is InChI=1S/C15H12ClNOS/c1-18-14-4-2-3-13-12(14)9-19-15(17-13)10-5-7-11(16)8-6-10/h2-8H,9H2,1H3. The Kier molecular flexibility index (Phi) is 3.49. The Morgan fingerprint density at radius 1 is 1.16 bits per heavy atom. The van der Waals surface area contributed by atoms with Gasteiger partial charge in [-0.3, -0.25) is 0 Å². The van der Waals surface area contributed by atoms with E-state index in [-0.39, 0.29) is 0 Å². The fourth-order valence-corrected chi connectivity index (χ4v) is 3.18. The summed E-state index contributed by atoms with van der Waals surface area (Å²) in [7, 11) is 1.69. The van der Waals surface area contributed by atoms with E-state index in [0.717, 1.165) is 38.4 Å². The third-order valence-corrected chi connectivity index (χ3v) is 4.28. The Hall–Kier alpha value is -1.45. The minimum absolute atomic E-state index is 0.743. The van der Waals surface area contributed by atoms with Crippen molar-refractivity contribution in [1.29, 1.82) is 0 Å². The van der Waals surface area contributed by atoms with E-state index >= 15 is 0 Å². The van der Waals surface area contributed by atoms with Gasteiger partial charge >= 0.3 is 0 Å². The summed E-state index contributed by atoms with van der Waals surface area (Å²) < 4.78 is 5.37. The highest BCUT2D eigenvalue weighted by atomic mass is 35.5. The number of hydrogen-bond donors (Lipinski definition) is 0. The molecule has 2 nitrogen and oxygen atoms in total. The van der Waals surface area contributed by atoms with Crippen LogP contribution in [-0.2, 0) is 5.75 Å². The first-order valence-corrected chi connectivity index (χ1v) is 7.27. The Bertz CT molecular complexity index is 637. The van der Waals surface area contributed by atoms with Gasteiger partial charge < -0.3 is 4.74 Å². The van der Waals surface area contributed by atoms with Crippen LogP contribution in [0.5, 0.6) is 5.75 Å². The van der Waals surface area contributed by atoms with Crippen molar-refractivity contribution in [2.75, 3.05) is 7.11 Å². The third-order valence-electron chi connectivity index (χ3n) is 2.99. The molecule has 3 rings (SSSR count). The number of nitrogens with zero attached hydrogens (tertiary/aromatic N) is 1. The van der Waals surface area contributed by atoms with Crippen molar-refractivity contribution in [2.45, 2.75) is 5.75 Å². The van der Waals surface area contributed by atoms with Crippen LogP contribution in [0.15, 0.2) is 47.5 Å². The van der Waals surface area contributed by atoms with Crippen molar-refractivity contribution >= 4 is 34.1 Å². The molecule has 0 bridgehead atoms. The summed E-state index contributed by atoms with van der Waals surface area (Å²) in [5.74, 6) is 1.78. The molecule has 0 atom stereocenters. The Labute approximate surface area is 121 Å². The third kappa shape index (κ3) is 2.48. The minimum atomic E-state index is 0.743. The molecule has 0 unspecified atom stereocenters. The molecule has 96 valence electrons. The van der Waals surface area contributed by atoms with Crippen molar-refractivity contribution in [1.82, 2.24) is 0 Å². The Morgan fingerprint density at radius 2 is 1.95 bits per heavy atom. The van der Waals surface area contributed by atoms with E-state index < -0.39 is 0 Å². The summed E-state index contributed by atoms with van der Waals surface area (Å²) in [4.78, 5) is 4.71. The molecule has 0 amide bonds. The number of benzene rings is 2. The number of hydrogen-bond acceptors (Lipinski definition) is 3. The highest BCUT2D eigenvalue weighted by Gasteiger charge is 2.17. The zero-order chi connectivity index (χ0) is 13.2. The molecule has 1 heterocycles. The number of fused-ring (bicyclic) bond motifs is 1. The minimum Gasteiger partial charge on any atom is -0.496 e. The predicted octanol–water partition coefficient (Wildman–Crippen LogP) is 4.67. The lowest BCUT2D eigenvalue weighted by atomic mass is 10.1. The first kappa shape index (κ1) is 12.6. The lowest BCUT2D eigenvalue weighted by Crippen LogP contribution is -2.02. The molecular weight excluding hydrogens is 278 g/mol. The van der Waals surface area contributed by atoms with Crippen LogP contribution in [0, 0.1) is 0 Å². The normalized spacial score (nSPS) is 13.7. The van der Waals surface area contributed by atoms with Crippen LogP contribution >= 0.6 is 23.4 Å². The highest BCUT2D eigenvalue weighted by molar-refractivity contribution is 8.13. The molecule has 2 aromatic carbocycles. The second-order valence-electron chi connectivity index (χ2n) is 4.17. The quantitative estimate of drug-likeness (QED) is 0.801. The second kappa shape index (κ2) is 5.27. The summed E-state index contributed by atoms with van der Waals surface area (Å²) in [5.41, 5.74) is 3.25. The Balaban J connectivity index is 2.02. The molecule has 4 heteroatoms. The van der Waals surface area contributed by atoms with Gasteiger partial charge in [-0.25, -0.2) is 4.99 Å². The zero-order valence-electron chi connectivity index (χ0n) is 10.4. The van der Waals surface area contributed by atoms with Crippen molar-refractivity contribution < 1.29 is 4.74 Å². The fraction of sp³-hybridized carbons (Fsp3) is 0.133. The van der Waals surface area contributed by atoms with Gasteiger partial charge in [-0.2, -0.15) is 0 Å². The van der Waals surface area contributed by atoms with Crippen LogP contribution in [0.4, 0.5) is 5.69 Å². The second-order valence-corrected chi connectivity index (χ2v) is 5.57. The monoisotopic (exact) mass is 289 g/mol. The van der Waals surface area contributed by atoms with Crippen LogP contribution in [0.1, 0.15) is 11.1 Å². The summed E-state index contributed by atoms with van der Waals surface area (Å²) in [6, 6.07) is 13.7. The maximum Gasteiger partial charge on any atom is 0.125 e. The van der Waals surface area contributed by atoms with Gasteiger partial charge in [0.1, 0.15) is 10.8 Å². The van der Waals surface area contributed by atoms with E-state index in [9.17, 15) is 0 Å². The zero-order valence-corrected chi connectivity index (χ0v) is 12.0. The first-order valence-electron chi connectivity index (χ1n) is 5.91. The van der Waals surface area contributed by atoms with E-state index in [1.807, 2.05) is 42.5 Å². The molecule has 1 aliphatic heterocycles. The van der Waals surface area contributed by atoms with Gasteiger partial charge in [-0.1, -0.05) is 29.8 Å². The number of ether oxygens (including phenoxy) is 1. The summed E-state index contributed by atoms with van der Waals surface area (Å²) in [6.07, 6.45) is 0. The average Bonchev–Trinajstić information content (AvgIpc) is 2.47. The number of methoxy groups -OCH3 is 1. The van der Waals surface area contributed by atoms with Gasteiger partial charge in [0.05, 0.1) is 12.8 Å². The number of halogens is 1. The molecule has 0 saturated heterocycles. The highest BCUT2D eigenvalue weighted by Crippen LogP contribution is 2.38. The van der Waals surface area contributed by atoms with Crippen molar-refractivity contribution in [3.63, 3.8) is 0 Å². The van der Waals surface area contributed by atoms with Crippen LogP contribution < -0.4 is 4.74 Å². The van der Waals surface area contributed by atoms with Gasteiger partial charge in [-0.05, 0) is 24.3 Å². The van der Waals surface area contributed by atoms with Gasteiger partial charge in [0.15, 0.2) is 0 Å². The maximum absolute atomic E-state index is 5.91. The molecule has 0 saturated carbocycles. The van der Waals surface area contributed by atoms with Crippen LogP contribution in [0.3, 0.4) is 0 Å². The van der Waals surface area contributed by atoms with Crippen LogP contribution in [-0.4, -0.2) is 12.2 Å². The lowest BCUT2D eigenvalue weighted by Gasteiger charge is -2.17. The molecular formula is C15H12ClNOS. The molecule has 0 N–H and O–H groups in total. The molecule has 2 aromatic rings. The van der Waals surface area contributed by atoms with Crippen LogP contribution in [0.25, 0.3) is 0 Å². The van der Waals surface area contributed by atoms with Crippen molar-refractivity contribution in [2.24, 2.45) is 4.99 Å². The van der Waals surface area contributed by atoms with E-state index in [2.05, 4.69) is 0 Å². The molecule has 0 radical (unpaired) electrons. The van der Waals surface area contributed by atoms with Crippen LogP contribution in [0.2, 0.25) is 5.02 Å². The lowest BCUT2D eigenvalue weighted by molar-refractivity contribution is 0.411. The van der Waals surface area contributed by atoms with E-state index in [0.29, 0.717) is 0 Å². The van der Waals surface area contributed by atoms with Gasteiger partial charge in [-0.15, -0.1) is 11.8 Å².